The number of thiophene rings is 1. The summed E-state index contributed by atoms with van der Waals surface area (Å²) in [5.74, 6) is 0. The third-order valence-electron chi connectivity index (χ3n) is 3.48. The minimum atomic E-state index is 0.0775. The molecule has 106 valence electrons. The molecule has 0 unspecified atom stereocenters. The van der Waals surface area contributed by atoms with Gasteiger partial charge in [-0.3, -0.25) is 0 Å². The number of nitriles is 2. The van der Waals surface area contributed by atoms with Crippen molar-refractivity contribution in [2.75, 3.05) is 0 Å². The Bertz CT molecular complexity index is 699. The molecule has 1 heterocycles. The van der Waals surface area contributed by atoms with Crippen LogP contribution in [0, 0.1) is 35.0 Å². The van der Waals surface area contributed by atoms with Crippen molar-refractivity contribution in [2.24, 2.45) is 5.41 Å². The Morgan fingerprint density at radius 1 is 1.19 bits per heavy atom. The molecule has 2 nitrogen and oxygen atoms in total. The molecule has 1 aliphatic rings. The van der Waals surface area contributed by atoms with Crippen LogP contribution in [0.2, 0.25) is 0 Å². The van der Waals surface area contributed by atoms with Crippen LogP contribution in [-0.4, -0.2) is 0 Å². The van der Waals surface area contributed by atoms with Crippen LogP contribution in [0.5, 0.6) is 0 Å². The second-order valence-electron chi connectivity index (χ2n) is 6.14. The number of hydrogen-bond acceptors (Lipinski definition) is 3. The first kappa shape index (κ1) is 15.3. The largest absolute Gasteiger partial charge is 0.192 e. The quantitative estimate of drug-likeness (QED) is 0.707. The van der Waals surface area contributed by atoms with Crippen molar-refractivity contribution in [3.63, 3.8) is 0 Å². The van der Waals surface area contributed by atoms with Gasteiger partial charge in [0, 0.05) is 9.75 Å². The van der Waals surface area contributed by atoms with Crippen LogP contribution in [-0.2, 0) is 0 Å². The first-order chi connectivity index (χ1) is 9.93. The molecule has 0 amide bonds. The lowest BCUT2D eigenvalue weighted by Gasteiger charge is -2.30. The van der Waals surface area contributed by atoms with E-state index < -0.39 is 0 Å². The summed E-state index contributed by atoms with van der Waals surface area (Å²) >= 11 is 1.76. The monoisotopic (exact) mass is 294 g/mol. The molecule has 0 spiro atoms. The molecular formula is C18H18N2S. The van der Waals surface area contributed by atoms with Crippen LogP contribution in [0.3, 0.4) is 0 Å². The fraction of sp³-hybridized carbons (Fsp3) is 0.333. The van der Waals surface area contributed by atoms with Gasteiger partial charge in [-0.2, -0.15) is 10.5 Å². The molecule has 2 rings (SSSR count). The summed E-state index contributed by atoms with van der Waals surface area (Å²) in [6, 6.07) is 8.24. The Hall–Kier alpha value is -2.10. The summed E-state index contributed by atoms with van der Waals surface area (Å²) in [4.78, 5) is 2.52. The highest BCUT2D eigenvalue weighted by Gasteiger charge is 2.26. The summed E-state index contributed by atoms with van der Waals surface area (Å²) in [6.07, 6.45) is 7.96. The molecule has 0 saturated heterocycles. The van der Waals surface area contributed by atoms with Gasteiger partial charge in [0.05, 0.1) is 0 Å². The van der Waals surface area contributed by atoms with Crippen molar-refractivity contribution in [1.29, 1.82) is 10.5 Å². The van der Waals surface area contributed by atoms with Crippen molar-refractivity contribution in [2.45, 2.75) is 33.6 Å². The number of nitrogens with zero attached hydrogens (tertiary/aromatic N) is 2. The maximum atomic E-state index is 9.07. The second-order valence-corrected chi connectivity index (χ2v) is 7.46. The molecule has 3 heteroatoms. The first-order valence-corrected chi connectivity index (χ1v) is 7.73. The van der Waals surface area contributed by atoms with Crippen LogP contribution in [0.1, 0.15) is 36.4 Å². The van der Waals surface area contributed by atoms with Crippen molar-refractivity contribution in [3.8, 4) is 12.1 Å². The van der Waals surface area contributed by atoms with Gasteiger partial charge in [0.1, 0.15) is 17.7 Å². The highest BCUT2D eigenvalue weighted by atomic mass is 32.1. The van der Waals surface area contributed by atoms with E-state index in [4.69, 9.17) is 10.5 Å². The lowest BCUT2D eigenvalue weighted by molar-refractivity contribution is 0.354. The number of rotatable bonds is 2. The van der Waals surface area contributed by atoms with Crippen molar-refractivity contribution in [3.05, 3.63) is 50.8 Å². The molecule has 1 aromatic rings. The Kier molecular flexibility index (Phi) is 4.46. The fourth-order valence-electron chi connectivity index (χ4n) is 2.62. The lowest BCUT2D eigenvalue weighted by atomic mass is 9.74. The van der Waals surface area contributed by atoms with Gasteiger partial charge in [0.15, 0.2) is 0 Å². The van der Waals surface area contributed by atoms with Gasteiger partial charge in [-0.25, -0.2) is 0 Å². The van der Waals surface area contributed by atoms with Gasteiger partial charge in [-0.05, 0) is 54.5 Å². The minimum absolute atomic E-state index is 0.0775. The van der Waals surface area contributed by atoms with E-state index in [0.29, 0.717) is 0 Å². The van der Waals surface area contributed by atoms with Crippen molar-refractivity contribution < 1.29 is 0 Å². The predicted molar refractivity (Wildman–Crippen MR) is 87.4 cm³/mol. The van der Waals surface area contributed by atoms with Crippen LogP contribution < -0.4 is 0 Å². The molecule has 21 heavy (non-hydrogen) atoms. The summed E-state index contributed by atoms with van der Waals surface area (Å²) in [5.41, 5.74) is 2.35. The fourth-order valence-corrected chi connectivity index (χ4v) is 3.40. The van der Waals surface area contributed by atoms with Crippen molar-refractivity contribution >= 4 is 17.4 Å². The highest BCUT2D eigenvalue weighted by Crippen LogP contribution is 2.39. The van der Waals surface area contributed by atoms with Crippen LogP contribution in [0.4, 0.5) is 0 Å². The molecule has 0 aromatic carbocycles. The summed E-state index contributed by atoms with van der Waals surface area (Å²) in [5, 5.41) is 18.1. The molecular weight excluding hydrogens is 276 g/mol. The van der Waals surface area contributed by atoms with E-state index in [0.717, 1.165) is 18.4 Å². The summed E-state index contributed by atoms with van der Waals surface area (Å²) < 4.78 is 0. The Balaban J connectivity index is 2.34. The van der Waals surface area contributed by atoms with Gasteiger partial charge in [0.25, 0.3) is 0 Å². The number of aryl methyl sites for hydroxylation is 1. The van der Waals surface area contributed by atoms with E-state index >= 15 is 0 Å². The summed E-state index contributed by atoms with van der Waals surface area (Å²) in [6.45, 7) is 6.45. The second kappa shape index (κ2) is 6.12. The summed E-state index contributed by atoms with van der Waals surface area (Å²) in [7, 11) is 0. The zero-order chi connectivity index (χ0) is 15.5. The van der Waals surface area contributed by atoms with Crippen LogP contribution in [0.25, 0.3) is 6.08 Å². The molecule has 1 aromatic heterocycles. The average molecular weight is 294 g/mol. The Morgan fingerprint density at radius 3 is 2.48 bits per heavy atom. The van der Waals surface area contributed by atoms with E-state index in [1.165, 1.54) is 15.3 Å². The van der Waals surface area contributed by atoms with E-state index in [1.807, 2.05) is 18.2 Å². The Labute approximate surface area is 130 Å². The SMILES string of the molecule is Cc1ccc(/C=C/C2=CC(=C(C#N)C#N)CC(C)(C)C2)s1. The molecule has 0 atom stereocenters. The third kappa shape index (κ3) is 3.94. The topological polar surface area (TPSA) is 47.6 Å². The molecule has 0 fully saturated rings. The van der Waals surface area contributed by atoms with E-state index in [1.54, 1.807) is 11.3 Å². The molecule has 1 aliphatic carbocycles. The molecule has 0 saturated carbocycles. The minimum Gasteiger partial charge on any atom is -0.192 e. The third-order valence-corrected chi connectivity index (χ3v) is 4.44. The molecule has 0 radical (unpaired) electrons. The number of allylic oxidation sites excluding steroid dienone is 5. The van der Waals surface area contributed by atoms with Crippen molar-refractivity contribution in [1.82, 2.24) is 0 Å². The average Bonchev–Trinajstić information content (AvgIpc) is 2.82. The molecule has 0 bridgehead atoms. The zero-order valence-electron chi connectivity index (χ0n) is 12.6. The predicted octanol–water partition coefficient (Wildman–Crippen LogP) is 5.16. The van der Waals surface area contributed by atoms with Gasteiger partial charge in [-0.1, -0.05) is 26.0 Å². The Morgan fingerprint density at radius 2 is 1.90 bits per heavy atom. The smallest absolute Gasteiger partial charge is 0.132 e. The molecule has 0 N–H and O–H groups in total. The normalized spacial score (nSPS) is 17.2. The maximum Gasteiger partial charge on any atom is 0.132 e. The first-order valence-electron chi connectivity index (χ1n) is 6.92. The van der Waals surface area contributed by atoms with Gasteiger partial charge < -0.3 is 0 Å². The van der Waals surface area contributed by atoms with Gasteiger partial charge in [0.2, 0.25) is 0 Å². The van der Waals surface area contributed by atoms with Crippen LogP contribution in [0.15, 0.2) is 41.0 Å². The number of hydrogen-bond donors (Lipinski definition) is 0. The van der Waals surface area contributed by atoms with E-state index in [9.17, 15) is 0 Å². The standard InChI is InChI=1S/C18H18N2S/c1-13-4-6-17(21-13)7-5-14-8-15(16(11-19)12-20)10-18(2,3)9-14/h4-8H,9-10H2,1-3H3/b7-5+. The highest BCUT2D eigenvalue weighted by molar-refractivity contribution is 7.12. The van der Waals surface area contributed by atoms with Gasteiger partial charge >= 0.3 is 0 Å². The van der Waals surface area contributed by atoms with Gasteiger partial charge in [-0.15, -0.1) is 11.3 Å². The van der Waals surface area contributed by atoms with E-state index in [2.05, 4.69) is 45.1 Å². The van der Waals surface area contributed by atoms with E-state index in [-0.39, 0.29) is 11.0 Å². The molecule has 0 aliphatic heterocycles. The lowest BCUT2D eigenvalue weighted by Crippen LogP contribution is -2.17. The van der Waals surface area contributed by atoms with Crippen LogP contribution >= 0.6 is 11.3 Å². The zero-order valence-corrected chi connectivity index (χ0v) is 13.4. The maximum absolute atomic E-state index is 9.07.